The number of benzene rings is 1. The molecule has 9 rings (SSSR count). The number of halogens is 3. The second-order valence-corrected chi connectivity index (χ2v) is 13.8. The largest absolute Gasteiger partial charge is 0.467 e. The number of ether oxygens (including phenoxy) is 2. The van der Waals surface area contributed by atoms with Crippen LogP contribution in [-0.4, -0.2) is 95.2 Å². The van der Waals surface area contributed by atoms with E-state index in [9.17, 15) is 13.6 Å². The highest BCUT2D eigenvalue weighted by Gasteiger charge is 2.37. The van der Waals surface area contributed by atoms with Crippen molar-refractivity contribution in [3.8, 4) is 17.3 Å². The molecule has 0 saturated carbocycles. The number of hydrogen-bond donors (Lipinski definition) is 2. The number of nitrogens with one attached hydrogen (secondary N) is 1. The van der Waals surface area contributed by atoms with Crippen LogP contribution in [0.4, 0.5) is 24.1 Å². The maximum atomic E-state index is 16.7. The Bertz CT molecular complexity index is 1860. The summed E-state index contributed by atoms with van der Waals surface area (Å²) >= 11 is 0.968. The van der Waals surface area contributed by atoms with E-state index in [0.29, 0.717) is 31.5 Å². The number of methoxy groups -OCH3 is 1. The zero-order chi connectivity index (χ0) is 31.7. The molecule has 1 aromatic carbocycles. The molecule has 3 N–H and O–H groups in total. The molecule has 0 amide bonds. The van der Waals surface area contributed by atoms with Crippen LogP contribution in [0.2, 0.25) is 0 Å². The molecule has 5 saturated heterocycles. The van der Waals surface area contributed by atoms with Crippen molar-refractivity contribution in [3.63, 3.8) is 0 Å². The number of thiazole rings is 1. The molecular formula is C31H35F3N8O3S. The molecule has 4 unspecified atom stereocenters. The van der Waals surface area contributed by atoms with Crippen LogP contribution >= 0.6 is 11.3 Å². The van der Waals surface area contributed by atoms with Crippen molar-refractivity contribution >= 4 is 43.4 Å². The molecule has 2 bridgehead atoms. The van der Waals surface area contributed by atoms with E-state index >= 15 is 4.39 Å². The van der Waals surface area contributed by atoms with Gasteiger partial charge in [-0.05, 0) is 50.8 Å². The Morgan fingerprint density at radius 1 is 1.04 bits per heavy atom. The summed E-state index contributed by atoms with van der Waals surface area (Å²) in [6, 6.07) is 3.35. The van der Waals surface area contributed by atoms with E-state index in [0.717, 1.165) is 37.1 Å². The Morgan fingerprint density at radius 3 is 2.52 bits per heavy atom. The molecule has 0 aliphatic carbocycles. The van der Waals surface area contributed by atoms with Crippen LogP contribution in [0.3, 0.4) is 0 Å². The summed E-state index contributed by atoms with van der Waals surface area (Å²) < 4.78 is 56.1. The van der Waals surface area contributed by atoms with Crippen molar-refractivity contribution in [2.24, 2.45) is 0 Å². The van der Waals surface area contributed by atoms with Gasteiger partial charge in [0.05, 0.1) is 42.3 Å². The first-order valence-corrected chi connectivity index (χ1v) is 16.6. The number of pyridine rings is 1. The van der Waals surface area contributed by atoms with Crippen molar-refractivity contribution in [3.05, 3.63) is 34.1 Å². The number of alkyl halides is 1. The zero-order valence-electron chi connectivity index (χ0n) is 25.3. The van der Waals surface area contributed by atoms with Crippen LogP contribution < -0.4 is 26.2 Å². The molecule has 15 heteroatoms. The number of hydrogen-bond acceptors (Lipinski definition) is 11. The van der Waals surface area contributed by atoms with Gasteiger partial charge in [-0.25, -0.2) is 18.2 Å². The average Bonchev–Trinajstić information content (AvgIpc) is 3.79. The first kappa shape index (κ1) is 29.8. The van der Waals surface area contributed by atoms with Gasteiger partial charge < -0.3 is 25.4 Å². The smallest absolute Gasteiger partial charge is 0.318 e. The van der Waals surface area contributed by atoms with Crippen molar-refractivity contribution in [1.29, 1.82) is 0 Å². The predicted molar refractivity (Wildman–Crippen MR) is 169 cm³/mol. The first-order valence-electron chi connectivity index (χ1n) is 15.8. The number of nitrogens with two attached hydrogens (primary N) is 1. The van der Waals surface area contributed by atoms with Gasteiger partial charge in [0.1, 0.15) is 28.7 Å². The minimum atomic E-state index is -0.735. The Labute approximate surface area is 266 Å². The highest BCUT2D eigenvalue weighted by atomic mass is 32.1. The predicted octanol–water partition coefficient (Wildman–Crippen LogP) is 3.64. The molecule has 5 aliphatic rings. The third-order valence-corrected chi connectivity index (χ3v) is 10.8. The van der Waals surface area contributed by atoms with Crippen LogP contribution in [0, 0.1) is 11.6 Å². The summed E-state index contributed by atoms with van der Waals surface area (Å²) in [5.74, 6) is -0.900. The van der Waals surface area contributed by atoms with E-state index in [1.165, 1.54) is 36.7 Å². The first-order chi connectivity index (χ1) is 22.3. The molecular weight excluding hydrogens is 621 g/mol. The number of nitrogens with zero attached hydrogens (tertiary/aromatic N) is 6. The second kappa shape index (κ2) is 11.6. The molecule has 4 atom stereocenters. The number of anilines is 2. The van der Waals surface area contributed by atoms with Crippen LogP contribution in [0.1, 0.15) is 38.1 Å². The Hall–Kier alpha value is -3.53. The van der Waals surface area contributed by atoms with Crippen LogP contribution in [-0.2, 0) is 4.74 Å². The number of aromatic nitrogens is 4. The van der Waals surface area contributed by atoms with Crippen LogP contribution in [0.25, 0.3) is 32.4 Å². The third-order valence-electron chi connectivity index (χ3n) is 9.87. The average molecular weight is 657 g/mol. The topological polar surface area (TPSA) is 124 Å². The fourth-order valence-electron chi connectivity index (χ4n) is 7.69. The molecule has 5 aliphatic heterocycles. The van der Waals surface area contributed by atoms with Gasteiger partial charge in [-0.15, -0.1) is 0 Å². The SMILES string of the molecule is COc1nc(N2CC3CCC(C2)N3)c2c(=O)n(C3COC3)c(-c3ccc(F)c4sc(N)nc34)c(F)c2n1.FC1CC2CCCN2C1. The van der Waals surface area contributed by atoms with Gasteiger partial charge in [0.25, 0.3) is 5.56 Å². The van der Waals surface area contributed by atoms with E-state index in [-0.39, 0.29) is 68.8 Å². The maximum Gasteiger partial charge on any atom is 0.318 e. The minimum Gasteiger partial charge on any atom is -0.467 e. The van der Waals surface area contributed by atoms with Gasteiger partial charge in [0.15, 0.2) is 10.9 Å². The molecule has 5 fully saturated rings. The van der Waals surface area contributed by atoms with E-state index in [2.05, 4.69) is 25.2 Å². The van der Waals surface area contributed by atoms with E-state index in [1.807, 2.05) is 4.90 Å². The molecule has 8 heterocycles. The fraction of sp³-hybridized carbons (Fsp3) is 0.548. The van der Waals surface area contributed by atoms with Gasteiger partial charge in [-0.2, -0.15) is 9.97 Å². The number of fused-ring (bicyclic) bond motifs is 5. The van der Waals surface area contributed by atoms with Crippen molar-refractivity contribution in [2.75, 3.05) is 57.1 Å². The molecule has 0 radical (unpaired) electrons. The summed E-state index contributed by atoms with van der Waals surface area (Å²) in [4.78, 5) is 31.6. The fourth-order valence-corrected chi connectivity index (χ4v) is 8.46. The standard InChI is InChI=1S/C24H23F2N7O3S.C7H12FN/c1-35-24-30-18-15(21(31-24)32-6-10-2-3-11(7-32)28-10)22(34)33(12-8-36-9-12)19(16(18)26)13-4-5-14(25)20-17(13)29-23(27)37-20;8-6-4-7-2-1-3-9(7)5-6/h4-5,10-12,28H,2-3,6-9H2,1H3,(H2,27,29);6-7H,1-5H2. The Morgan fingerprint density at radius 2 is 1.83 bits per heavy atom. The lowest BCUT2D eigenvalue weighted by Crippen LogP contribution is -2.51. The van der Waals surface area contributed by atoms with E-state index < -0.39 is 29.4 Å². The van der Waals surface area contributed by atoms with Crippen molar-refractivity contribution < 1.29 is 22.6 Å². The van der Waals surface area contributed by atoms with Gasteiger partial charge in [-0.3, -0.25) is 14.3 Å². The zero-order valence-corrected chi connectivity index (χ0v) is 26.2. The molecule has 4 aromatic rings. The molecule has 0 spiro atoms. The van der Waals surface area contributed by atoms with Gasteiger partial charge in [-0.1, -0.05) is 11.3 Å². The van der Waals surface area contributed by atoms with Crippen molar-refractivity contribution in [2.45, 2.75) is 62.4 Å². The summed E-state index contributed by atoms with van der Waals surface area (Å²) in [6.07, 6.45) is 4.87. The quantitative estimate of drug-likeness (QED) is 0.337. The van der Waals surface area contributed by atoms with E-state index in [4.69, 9.17) is 15.2 Å². The molecule has 46 heavy (non-hydrogen) atoms. The van der Waals surface area contributed by atoms with Crippen LogP contribution in [0.5, 0.6) is 6.01 Å². The van der Waals surface area contributed by atoms with Gasteiger partial charge in [0.2, 0.25) is 0 Å². The van der Waals surface area contributed by atoms with E-state index in [1.54, 1.807) is 0 Å². The second-order valence-electron chi connectivity index (χ2n) is 12.8. The highest BCUT2D eigenvalue weighted by molar-refractivity contribution is 7.22. The summed E-state index contributed by atoms with van der Waals surface area (Å²) in [7, 11) is 1.40. The molecule has 11 nitrogen and oxygen atoms in total. The Kier molecular flexibility index (Phi) is 7.54. The monoisotopic (exact) mass is 656 g/mol. The lowest BCUT2D eigenvalue weighted by Gasteiger charge is -2.35. The van der Waals surface area contributed by atoms with Crippen molar-refractivity contribution in [1.82, 2.24) is 29.7 Å². The lowest BCUT2D eigenvalue weighted by molar-refractivity contribution is -0.0241. The third kappa shape index (κ3) is 4.98. The molecule has 3 aromatic heterocycles. The summed E-state index contributed by atoms with van der Waals surface area (Å²) in [6.45, 7) is 3.61. The number of rotatable bonds is 4. The van der Waals surface area contributed by atoms with Gasteiger partial charge in [0, 0.05) is 43.3 Å². The Balaban J connectivity index is 0.000000297. The number of piperazine rings is 1. The molecule has 244 valence electrons. The number of nitrogen functional groups attached to an aromatic ring is 1. The van der Waals surface area contributed by atoms with Gasteiger partial charge >= 0.3 is 6.01 Å². The summed E-state index contributed by atoms with van der Waals surface area (Å²) in [5.41, 5.74) is 5.70. The summed E-state index contributed by atoms with van der Waals surface area (Å²) in [5, 5.41) is 3.79. The lowest BCUT2D eigenvalue weighted by atomic mass is 10.0. The minimum absolute atomic E-state index is 0.0341. The maximum absolute atomic E-state index is 16.7. The highest BCUT2D eigenvalue weighted by Crippen LogP contribution is 2.40. The van der Waals surface area contributed by atoms with Crippen LogP contribution in [0.15, 0.2) is 16.9 Å². The normalized spacial score (nSPS) is 26.0.